The summed E-state index contributed by atoms with van der Waals surface area (Å²) in [5, 5.41) is 3.75. The lowest BCUT2D eigenvalue weighted by Crippen LogP contribution is -2.34. The Kier molecular flexibility index (Phi) is 3.69. The fraction of sp³-hybridized carbons (Fsp3) is 0.647. The second-order valence-corrected chi connectivity index (χ2v) is 6.26. The molecule has 1 heteroatoms. The van der Waals surface area contributed by atoms with Gasteiger partial charge in [0.15, 0.2) is 0 Å². The third kappa shape index (κ3) is 2.95. The Hall–Kier alpha value is -0.820. The first-order valence-corrected chi connectivity index (χ1v) is 7.61. The third-order valence-corrected chi connectivity index (χ3v) is 4.81. The molecular formula is C17H25N. The van der Waals surface area contributed by atoms with Crippen molar-refractivity contribution < 1.29 is 0 Å². The van der Waals surface area contributed by atoms with Gasteiger partial charge in [-0.1, -0.05) is 43.5 Å². The lowest BCUT2D eigenvalue weighted by atomic mass is 9.73. The van der Waals surface area contributed by atoms with Crippen molar-refractivity contribution in [2.75, 3.05) is 6.54 Å². The highest BCUT2D eigenvalue weighted by atomic mass is 14.9. The van der Waals surface area contributed by atoms with Crippen molar-refractivity contribution in [1.82, 2.24) is 5.32 Å². The Bertz CT molecular complexity index is 390. The third-order valence-electron chi connectivity index (χ3n) is 4.81. The zero-order valence-electron chi connectivity index (χ0n) is 11.5. The predicted molar refractivity (Wildman–Crippen MR) is 76.7 cm³/mol. The van der Waals surface area contributed by atoms with Crippen molar-refractivity contribution in [1.29, 1.82) is 0 Å². The molecule has 0 aromatic heterocycles. The fourth-order valence-electron chi connectivity index (χ4n) is 3.04. The molecule has 0 aliphatic heterocycles. The van der Waals surface area contributed by atoms with Gasteiger partial charge in [-0.05, 0) is 55.7 Å². The maximum absolute atomic E-state index is 3.75. The van der Waals surface area contributed by atoms with E-state index in [1.165, 1.54) is 50.6 Å². The summed E-state index contributed by atoms with van der Waals surface area (Å²) in [5.74, 6) is 1.84. The number of benzene rings is 1. The van der Waals surface area contributed by atoms with Crippen molar-refractivity contribution in [3.63, 3.8) is 0 Å². The lowest BCUT2D eigenvalue weighted by Gasteiger charge is -2.34. The maximum atomic E-state index is 3.75. The van der Waals surface area contributed by atoms with Crippen LogP contribution in [-0.2, 0) is 6.42 Å². The zero-order valence-corrected chi connectivity index (χ0v) is 11.5. The molecule has 0 saturated heterocycles. The highest BCUT2D eigenvalue weighted by Crippen LogP contribution is 2.35. The van der Waals surface area contributed by atoms with Crippen LogP contribution in [0.15, 0.2) is 24.3 Å². The summed E-state index contributed by atoms with van der Waals surface area (Å²) in [6.07, 6.45) is 8.46. The smallest absolute Gasteiger partial charge is 0.00683 e. The molecule has 98 valence electrons. The Morgan fingerprint density at radius 3 is 2.56 bits per heavy atom. The number of aryl methyl sites for hydroxylation is 1. The number of hydrogen-bond acceptors (Lipinski definition) is 1. The van der Waals surface area contributed by atoms with E-state index in [9.17, 15) is 0 Å². The average molecular weight is 243 g/mol. The molecule has 0 radical (unpaired) electrons. The molecule has 2 aliphatic rings. The van der Waals surface area contributed by atoms with Gasteiger partial charge in [-0.15, -0.1) is 0 Å². The first-order valence-electron chi connectivity index (χ1n) is 7.61. The molecule has 0 amide bonds. The first kappa shape index (κ1) is 12.2. The average Bonchev–Trinajstić information content (AvgIpc) is 3.10. The van der Waals surface area contributed by atoms with Gasteiger partial charge >= 0.3 is 0 Å². The summed E-state index contributed by atoms with van der Waals surface area (Å²) in [6, 6.07) is 9.76. The number of rotatable bonds is 6. The zero-order chi connectivity index (χ0) is 12.4. The van der Waals surface area contributed by atoms with Crippen molar-refractivity contribution >= 4 is 0 Å². The molecule has 1 atom stereocenters. The van der Waals surface area contributed by atoms with Gasteiger partial charge in [-0.25, -0.2) is 0 Å². The molecule has 2 aliphatic carbocycles. The van der Waals surface area contributed by atoms with Crippen molar-refractivity contribution in [2.45, 2.75) is 51.5 Å². The van der Waals surface area contributed by atoms with E-state index in [-0.39, 0.29) is 0 Å². The summed E-state index contributed by atoms with van der Waals surface area (Å²) in [7, 11) is 0. The molecule has 1 N–H and O–H groups in total. The van der Waals surface area contributed by atoms with Crippen LogP contribution in [0, 0.1) is 18.8 Å². The molecule has 1 unspecified atom stereocenters. The van der Waals surface area contributed by atoms with Gasteiger partial charge in [-0.2, -0.15) is 0 Å². The van der Waals surface area contributed by atoms with Crippen LogP contribution in [0.5, 0.6) is 0 Å². The molecule has 1 nitrogen and oxygen atoms in total. The van der Waals surface area contributed by atoms with Crippen LogP contribution in [0.3, 0.4) is 0 Å². The quantitative estimate of drug-likeness (QED) is 0.803. The van der Waals surface area contributed by atoms with Gasteiger partial charge in [0, 0.05) is 6.04 Å². The van der Waals surface area contributed by atoms with Crippen molar-refractivity contribution in [3.8, 4) is 0 Å². The van der Waals surface area contributed by atoms with E-state index in [2.05, 4.69) is 36.5 Å². The summed E-state index contributed by atoms with van der Waals surface area (Å²) >= 11 is 0. The van der Waals surface area contributed by atoms with Crippen LogP contribution in [0.25, 0.3) is 0 Å². The minimum atomic E-state index is 0.851. The van der Waals surface area contributed by atoms with E-state index in [4.69, 9.17) is 0 Å². The SMILES string of the molecule is Cc1ccccc1CC(CNC1CC1)C1CCC1. The number of nitrogens with one attached hydrogen (secondary N) is 1. The van der Waals surface area contributed by atoms with Crippen LogP contribution >= 0.6 is 0 Å². The van der Waals surface area contributed by atoms with Crippen LogP contribution in [0.1, 0.15) is 43.2 Å². The van der Waals surface area contributed by atoms with E-state index in [1.54, 1.807) is 5.56 Å². The van der Waals surface area contributed by atoms with Gasteiger partial charge in [0.05, 0.1) is 0 Å². The summed E-state index contributed by atoms with van der Waals surface area (Å²) in [4.78, 5) is 0. The molecule has 2 fully saturated rings. The highest BCUT2D eigenvalue weighted by Gasteiger charge is 2.29. The van der Waals surface area contributed by atoms with E-state index >= 15 is 0 Å². The lowest BCUT2D eigenvalue weighted by molar-refractivity contribution is 0.199. The molecule has 0 heterocycles. The molecule has 18 heavy (non-hydrogen) atoms. The molecule has 0 bridgehead atoms. The van der Waals surface area contributed by atoms with Crippen LogP contribution in [0.4, 0.5) is 0 Å². The first-order chi connectivity index (χ1) is 8.83. The Morgan fingerprint density at radius 2 is 1.94 bits per heavy atom. The molecular weight excluding hydrogens is 218 g/mol. The Morgan fingerprint density at radius 1 is 1.17 bits per heavy atom. The monoisotopic (exact) mass is 243 g/mol. The molecule has 2 saturated carbocycles. The minimum absolute atomic E-state index is 0.851. The van der Waals surface area contributed by atoms with E-state index in [0.717, 1.165) is 17.9 Å². The Labute approximate surface area is 111 Å². The summed E-state index contributed by atoms with van der Waals surface area (Å²) in [5.41, 5.74) is 3.03. The minimum Gasteiger partial charge on any atom is -0.314 e. The largest absolute Gasteiger partial charge is 0.314 e. The van der Waals surface area contributed by atoms with Crippen LogP contribution in [-0.4, -0.2) is 12.6 Å². The van der Waals surface area contributed by atoms with Crippen LogP contribution in [0.2, 0.25) is 0 Å². The van der Waals surface area contributed by atoms with Crippen LogP contribution < -0.4 is 5.32 Å². The van der Waals surface area contributed by atoms with E-state index < -0.39 is 0 Å². The van der Waals surface area contributed by atoms with Gasteiger partial charge in [0.2, 0.25) is 0 Å². The standard InChI is InChI=1S/C17H25N/c1-13-5-2-3-6-15(13)11-16(14-7-4-8-14)12-18-17-9-10-17/h2-3,5-6,14,16-18H,4,7-12H2,1H3. The second kappa shape index (κ2) is 5.44. The summed E-state index contributed by atoms with van der Waals surface area (Å²) < 4.78 is 0. The predicted octanol–water partition coefficient (Wildman–Crippen LogP) is 3.71. The van der Waals surface area contributed by atoms with Crippen molar-refractivity contribution in [3.05, 3.63) is 35.4 Å². The molecule has 0 spiro atoms. The topological polar surface area (TPSA) is 12.0 Å². The fourth-order valence-corrected chi connectivity index (χ4v) is 3.04. The van der Waals surface area contributed by atoms with E-state index in [0.29, 0.717) is 0 Å². The van der Waals surface area contributed by atoms with Gasteiger partial charge in [0.1, 0.15) is 0 Å². The molecule has 1 aromatic rings. The van der Waals surface area contributed by atoms with Gasteiger partial charge < -0.3 is 5.32 Å². The van der Waals surface area contributed by atoms with E-state index in [1.807, 2.05) is 0 Å². The van der Waals surface area contributed by atoms with Crippen molar-refractivity contribution in [2.24, 2.45) is 11.8 Å². The molecule has 1 aromatic carbocycles. The maximum Gasteiger partial charge on any atom is 0.00683 e. The highest BCUT2D eigenvalue weighted by molar-refractivity contribution is 5.26. The summed E-state index contributed by atoms with van der Waals surface area (Å²) in [6.45, 7) is 3.49. The normalized spacial score (nSPS) is 21.6. The second-order valence-electron chi connectivity index (χ2n) is 6.26. The molecule has 3 rings (SSSR count). The Balaban J connectivity index is 1.62. The van der Waals surface area contributed by atoms with Gasteiger partial charge in [-0.3, -0.25) is 0 Å². The van der Waals surface area contributed by atoms with Gasteiger partial charge in [0.25, 0.3) is 0 Å². The number of hydrogen-bond donors (Lipinski definition) is 1.